The van der Waals surface area contributed by atoms with Crippen molar-refractivity contribution < 1.29 is 13.4 Å². The summed E-state index contributed by atoms with van der Waals surface area (Å²) in [6.07, 6.45) is 1.58. The van der Waals surface area contributed by atoms with E-state index < -0.39 is 8.07 Å². The monoisotopic (exact) mass is 515 g/mol. The first-order chi connectivity index (χ1) is 18.2. The minimum Gasteiger partial charge on any atom is -0.454 e. The first-order valence-corrected chi connectivity index (χ1v) is 16.3. The molecule has 0 fully saturated rings. The zero-order valence-electron chi connectivity index (χ0n) is 22.2. The molecule has 0 N–H and O–H groups in total. The summed E-state index contributed by atoms with van der Waals surface area (Å²) in [5, 5.41) is 15.0. The zero-order chi connectivity index (χ0) is 26.8. The molecular formula is C33H28FN2OSi+. The van der Waals surface area contributed by atoms with Gasteiger partial charge < -0.3 is 4.42 Å². The van der Waals surface area contributed by atoms with E-state index in [0.717, 1.165) is 60.3 Å². The number of rotatable bonds is 3. The topological polar surface area (TPSA) is 40.8 Å². The Morgan fingerprint density at radius 1 is 0.842 bits per heavy atom. The Hall–Kier alpha value is -4.27. The van der Waals surface area contributed by atoms with Crippen molar-refractivity contribution in [3.63, 3.8) is 0 Å². The molecule has 186 valence electrons. The van der Waals surface area contributed by atoms with Crippen molar-refractivity contribution in [2.24, 2.45) is 7.05 Å². The Morgan fingerprint density at radius 3 is 2.24 bits per heavy atom. The molecule has 0 unspecified atom stereocenters. The second-order valence-corrected chi connectivity index (χ2v) is 16.1. The van der Waals surface area contributed by atoms with Gasteiger partial charge in [-0.05, 0) is 52.2 Å². The zero-order valence-corrected chi connectivity index (χ0v) is 23.2. The third kappa shape index (κ3) is 3.72. The number of hydrogen-bond acceptors (Lipinski definition) is 2. The first-order valence-electron chi connectivity index (χ1n) is 12.8. The van der Waals surface area contributed by atoms with E-state index >= 15 is 4.39 Å². The number of nitrogens with zero attached hydrogens (tertiary/aromatic N) is 2. The average molecular weight is 516 g/mol. The highest BCUT2D eigenvalue weighted by molar-refractivity contribution is 6.88. The van der Waals surface area contributed by atoms with E-state index in [1.54, 1.807) is 6.20 Å². The van der Waals surface area contributed by atoms with Gasteiger partial charge in [-0.25, -0.2) is 4.39 Å². The third-order valence-electron chi connectivity index (χ3n) is 7.47. The number of fused-ring (bicyclic) bond motifs is 4. The van der Waals surface area contributed by atoms with Crippen LogP contribution in [-0.4, -0.2) is 8.07 Å². The van der Waals surface area contributed by atoms with Crippen LogP contribution < -0.4 is 9.75 Å². The van der Waals surface area contributed by atoms with Crippen LogP contribution in [-0.2, 0) is 7.05 Å². The van der Waals surface area contributed by atoms with E-state index in [1.165, 1.54) is 0 Å². The molecule has 0 saturated heterocycles. The molecular weight excluding hydrogens is 487 g/mol. The molecule has 0 spiro atoms. The van der Waals surface area contributed by atoms with Crippen LogP contribution in [0.15, 0.2) is 83.4 Å². The maximum absolute atomic E-state index is 15.0. The lowest BCUT2D eigenvalue weighted by Crippen LogP contribution is -2.44. The molecule has 3 nitrogen and oxygen atoms in total. The number of aromatic nitrogens is 1. The number of pyridine rings is 1. The highest BCUT2D eigenvalue weighted by Crippen LogP contribution is 2.42. The molecule has 2 heterocycles. The highest BCUT2D eigenvalue weighted by atomic mass is 28.3. The minimum absolute atomic E-state index is 0.165. The number of hydrogen-bond donors (Lipinski definition) is 0. The van der Waals surface area contributed by atoms with Crippen molar-refractivity contribution in [2.45, 2.75) is 26.6 Å². The van der Waals surface area contributed by atoms with E-state index in [4.69, 9.17) is 4.42 Å². The van der Waals surface area contributed by atoms with Gasteiger partial charge in [0.1, 0.15) is 18.2 Å². The molecule has 0 radical (unpaired) electrons. The quantitative estimate of drug-likeness (QED) is 0.178. The van der Waals surface area contributed by atoms with Gasteiger partial charge in [-0.2, -0.15) is 9.83 Å². The lowest BCUT2D eigenvalue weighted by Gasteiger charge is -2.17. The molecule has 6 aromatic rings. The van der Waals surface area contributed by atoms with Gasteiger partial charge in [0.25, 0.3) is 0 Å². The van der Waals surface area contributed by atoms with E-state index in [1.807, 2.05) is 41.9 Å². The number of aryl methyl sites for hydroxylation is 2. The molecule has 2 aromatic heterocycles. The number of benzene rings is 4. The molecule has 0 bridgehead atoms. The second-order valence-electron chi connectivity index (χ2n) is 11.1. The molecule has 0 aliphatic rings. The predicted octanol–water partition coefficient (Wildman–Crippen LogP) is 7.76. The van der Waals surface area contributed by atoms with Crippen molar-refractivity contribution in [1.82, 2.24) is 0 Å². The Bertz CT molecular complexity index is 1960. The third-order valence-corrected chi connectivity index (χ3v) is 9.47. The van der Waals surface area contributed by atoms with E-state index in [2.05, 4.69) is 75.1 Å². The van der Waals surface area contributed by atoms with Crippen LogP contribution in [0.3, 0.4) is 0 Å². The Morgan fingerprint density at radius 2 is 1.53 bits per heavy atom. The molecule has 4 aromatic carbocycles. The molecule has 0 atom stereocenters. The maximum Gasteiger partial charge on any atom is 0.216 e. The van der Waals surface area contributed by atoms with Crippen molar-refractivity contribution >= 4 is 46.0 Å². The number of halogens is 1. The summed E-state index contributed by atoms with van der Waals surface area (Å²) in [5.41, 5.74) is 6.66. The standard InChI is InChI=1S/C33H28FN2OSi/c1-20-10-14-25-26-15-13-24(18-35)31(23-12-11-21-8-6-7-9-22(21)16-23)33(26)37-32(25)30(20)28-17-29(38(3,4)5)27(34)19-36(28)2/h6-17,19H,1-5H3/q+1. The fraction of sp³-hybridized carbons (Fsp3) is 0.152. The van der Waals surface area contributed by atoms with Crippen LogP contribution in [0.25, 0.3) is 55.1 Å². The Kier molecular flexibility index (Phi) is 5.48. The van der Waals surface area contributed by atoms with E-state index in [-0.39, 0.29) is 5.82 Å². The number of furan rings is 1. The summed E-state index contributed by atoms with van der Waals surface area (Å²) < 4.78 is 23.6. The van der Waals surface area contributed by atoms with E-state index in [0.29, 0.717) is 11.1 Å². The van der Waals surface area contributed by atoms with Gasteiger partial charge in [0, 0.05) is 22.4 Å². The van der Waals surface area contributed by atoms with Gasteiger partial charge in [-0.1, -0.05) is 68.2 Å². The van der Waals surface area contributed by atoms with Gasteiger partial charge in [0.05, 0.1) is 25.3 Å². The van der Waals surface area contributed by atoms with Crippen molar-refractivity contribution in [1.29, 1.82) is 5.26 Å². The van der Waals surface area contributed by atoms with Gasteiger partial charge in [-0.3, -0.25) is 0 Å². The lowest BCUT2D eigenvalue weighted by molar-refractivity contribution is -0.661. The van der Waals surface area contributed by atoms with Crippen LogP contribution in [0, 0.1) is 24.1 Å². The fourth-order valence-electron chi connectivity index (χ4n) is 5.48. The molecule has 0 amide bonds. The molecule has 6 rings (SSSR count). The van der Waals surface area contributed by atoms with Crippen molar-refractivity contribution in [2.75, 3.05) is 0 Å². The smallest absolute Gasteiger partial charge is 0.216 e. The summed E-state index contributed by atoms with van der Waals surface area (Å²) in [7, 11) is -0.0481. The van der Waals surface area contributed by atoms with Crippen LogP contribution in [0.4, 0.5) is 4.39 Å². The van der Waals surface area contributed by atoms with Crippen LogP contribution in [0.1, 0.15) is 11.1 Å². The van der Waals surface area contributed by atoms with E-state index in [9.17, 15) is 5.26 Å². The van der Waals surface area contributed by atoms with Crippen molar-refractivity contribution in [3.05, 3.63) is 95.9 Å². The highest BCUT2D eigenvalue weighted by Gasteiger charge is 2.29. The molecule has 0 aliphatic heterocycles. The van der Waals surface area contributed by atoms with Gasteiger partial charge in [-0.15, -0.1) is 0 Å². The normalized spacial score (nSPS) is 11.9. The van der Waals surface area contributed by atoms with Gasteiger partial charge >= 0.3 is 0 Å². The Labute approximate surface area is 222 Å². The fourth-order valence-corrected chi connectivity index (χ4v) is 6.84. The maximum atomic E-state index is 15.0. The van der Waals surface area contributed by atoms with Gasteiger partial charge in [0.2, 0.25) is 11.9 Å². The van der Waals surface area contributed by atoms with Crippen molar-refractivity contribution in [3.8, 4) is 28.5 Å². The molecule has 0 aliphatic carbocycles. The predicted molar refractivity (Wildman–Crippen MR) is 156 cm³/mol. The largest absolute Gasteiger partial charge is 0.454 e. The SMILES string of the molecule is Cc1ccc2c(oc3c(-c4ccc5ccccc5c4)c(C#N)ccc32)c1-c1cc([Si](C)(C)C)c(F)c[n+]1C. The molecule has 38 heavy (non-hydrogen) atoms. The molecule has 5 heteroatoms. The summed E-state index contributed by atoms with van der Waals surface area (Å²) in [6.45, 7) is 8.53. The van der Waals surface area contributed by atoms with Crippen LogP contribution >= 0.6 is 0 Å². The summed E-state index contributed by atoms with van der Waals surface area (Å²) in [4.78, 5) is 0. The van der Waals surface area contributed by atoms with Crippen LogP contribution in [0.2, 0.25) is 19.6 Å². The Balaban J connectivity index is 1.69. The lowest BCUT2D eigenvalue weighted by atomic mass is 9.95. The van der Waals surface area contributed by atoms with Crippen LogP contribution in [0.5, 0.6) is 0 Å². The summed E-state index contributed by atoms with van der Waals surface area (Å²) in [5.74, 6) is -0.165. The first kappa shape index (κ1) is 24.1. The number of nitriles is 1. The summed E-state index contributed by atoms with van der Waals surface area (Å²) >= 11 is 0. The summed E-state index contributed by atoms with van der Waals surface area (Å²) in [6, 6.07) is 26.9. The molecule has 0 saturated carbocycles. The second kappa shape index (κ2) is 8.65. The van der Waals surface area contributed by atoms with Gasteiger partial charge in [0.15, 0.2) is 5.82 Å². The minimum atomic E-state index is -1.92. The average Bonchev–Trinajstić information content (AvgIpc) is 3.26.